The van der Waals surface area contributed by atoms with E-state index in [1.165, 1.54) is 0 Å². The maximum Gasteiger partial charge on any atom is 0.0793 e. The molecule has 3 heteroatoms. The standard InChI is InChI=1S/C15H34N2O/c1-7-16(8-2)11-15(18)12-17(9-13(3)4)10-14(5)6/h13-15,18H,7-12H2,1-6H3. The quantitative estimate of drug-likeness (QED) is 0.651. The second-order valence-electron chi connectivity index (χ2n) is 6.15. The highest BCUT2D eigenvalue weighted by Gasteiger charge is 2.16. The number of rotatable bonds is 10. The van der Waals surface area contributed by atoms with Gasteiger partial charge in [0.2, 0.25) is 0 Å². The molecule has 0 aliphatic carbocycles. The number of hydrogen-bond acceptors (Lipinski definition) is 3. The molecule has 1 atom stereocenters. The molecule has 0 rings (SSSR count). The third-order valence-corrected chi connectivity index (χ3v) is 3.08. The number of likely N-dealkylation sites (N-methyl/N-ethyl adjacent to an activating group) is 1. The van der Waals surface area contributed by atoms with Gasteiger partial charge in [-0.25, -0.2) is 0 Å². The Hall–Kier alpha value is -0.120. The van der Waals surface area contributed by atoms with E-state index in [0.717, 1.165) is 39.3 Å². The van der Waals surface area contributed by atoms with Gasteiger partial charge in [0.15, 0.2) is 0 Å². The van der Waals surface area contributed by atoms with E-state index in [4.69, 9.17) is 0 Å². The maximum absolute atomic E-state index is 10.2. The van der Waals surface area contributed by atoms with Crippen LogP contribution < -0.4 is 0 Å². The third kappa shape index (κ3) is 8.90. The van der Waals surface area contributed by atoms with Crippen molar-refractivity contribution in [2.24, 2.45) is 11.8 Å². The summed E-state index contributed by atoms with van der Waals surface area (Å²) in [4.78, 5) is 4.69. The Morgan fingerprint density at radius 1 is 0.722 bits per heavy atom. The van der Waals surface area contributed by atoms with Gasteiger partial charge in [-0.1, -0.05) is 41.5 Å². The molecule has 0 aromatic carbocycles. The van der Waals surface area contributed by atoms with Crippen molar-refractivity contribution in [1.82, 2.24) is 9.80 Å². The van der Waals surface area contributed by atoms with Crippen LogP contribution >= 0.6 is 0 Å². The van der Waals surface area contributed by atoms with E-state index in [2.05, 4.69) is 51.3 Å². The predicted molar refractivity (Wildman–Crippen MR) is 79.9 cm³/mol. The summed E-state index contributed by atoms with van der Waals surface area (Å²) in [5.74, 6) is 1.31. The van der Waals surface area contributed by atoms with Crippen LogP contribution in [0.3, 0.4) is 0 Å². The molecule has 0 aromatic heterocycles. The van der Waals surface area contributed by atoms with Crippen molar-refractivity contribution in [2.75, 3.05) is 39.3 Å². The minimum absolute atomic E-state index is 0.234. The second-order valence-corrected chi connectivity index (χ2v) is 6.15. The van der Waals surface area contributed by atoms with Gasteiger partial charge in [0, 0.05) is 26.2 Å². The molecule has 110 valence electrons. The Balaban J connectivity index is 4.19. The summed E-state index contributed by atoms with van der Waals surface area (Å²) in [7, 11) is 0. The van der Waals surface area contributed by atoms with Crippen molar-refractivity contribution in [2.45, 2.75) is 47.6 Å². The van der Waals surface area contributed by atoms with Crippen LogP contribution in [0.25, 0.3) is 0 Å². The van der Waals surface area contributed by atoms with Crippen LogP contribution in [0.1, 0.15) is 41.5 Å². The van der Waals surface area contributed by atoms with E-state index in [-0.39, 0.29) is 6.10 Å². The lowest BCUT2D eigenvalue weighted by Gasteiger charge is -2.30. The van der Waals surface area contributed by atoms with E-state index in [9.17, 15) is 5.11 Å². The molecule has 1 N–H and O–H groups in total. The molecule has 0 aliphatic rings. The van der Waals surface area contributed by atoms with E-state index >= 15 is 0 Å². The van der Waals surface area contributed by atoms with Gasteiger partial charge in [-0.2, -0.15) is 0 Å². The summed E-state index contributed by atoms with van der Waals surface area (Å²) in [5, 5.41) is 10.2. The summed E-state index contributed by atoms with van der Waals surface area (Å²) < 4.78 is 0. The number of hydrogen-bond donors (Lipinski definition) is 1. The molecule has 0 bridgehead atoms. The number of nitrogens with zero attached hydrogens (tertiary/aromatic N) is 2. The van der Waals surface area contributed by atoms with Crippen molar-refractivity contribution < 1.29 is 5.11 Å². The SMILES string of the molecule is CCN(CC)CC(O)CN(CC(C)C)CC(C)C. The van der Waals surface area contributed by atoms with Crippen molar-refractivity contribution in [3.8, 4) is 0 Å². The maximum atomic E-state index is 10.2. The fraction of sp³-hybridized carbons (Fsp3) is 1.00. The highest BCUT2D eigenvalue weighted by atomic mass is 16.3. The largest absolute Gasteiger partial charge is 0.390 e. The zero-order valence-corrected chi connectivity index (χ0v) is 13.3. The zero-order chi connectivity index (χ0) is 14.1. The normalized spacial score (nSPS) is 14.2. The molecule has 0 spiro atoms. The summed E-state index contributed by atoms with van der Waals surface area (Å²) in [6, 6.07) is 0. The summed E-state index contributed by atoms with van der Waals surface area (Å²) in [6.45, 7) is 19.0. The molecule has 0 radical (unpaired) electrons. The molecule has 18 heavy (non-hydrogen) atoms. The van der Waals surface area contributed by atoms with Gasteiger partial charge < -0.3 is 14.9 Å². The van der Waals surface area contributed by atoms with Gasteiger partial charge >= 0.3 is 0 Å². The van der Waals surface area contributed by atoms with Crippen LogP contribution in [0.15, 0.2) is 0 Å². The Morgan fingerprint density at radius 2 is 1.11 bits per heavy atom. The lowest BCUT2D eigenvalue weighted by Crippen LogP contribution is -2.42. The molecular weight excluding hydrogens is 224 g/mol. The summed E-state index contributed by atoms with van der Waals surface area (Å²) >= 11 is 0. The first-order chi connectivity index (χ1) is 8.38. The topological polar surface area (TPSA) is 26.7 Å². The van der Waals surface area contributed by atoms with Gasteiger partial charge in [-0.3, -0.25) is 0 Å². The van der Waals surface area contributed by atoms with Crippen LogP contribution in [-0.4, -0.2) is 60.3 Å². The molecule has 0 aliphatic heterocycles. The van der Waals surface area contributed by atoms with Gasteiger partial charge in [0.05, 0.1) is 6.10 Å². The highest BCUT2D eigenvalue weighted by Crippen LogP contribution is 2.05. The Kier molecular flexibility index (Phi) is 9.70. The third-order valence-electron chi connectivity index (χ3n) is 3.08. The molecule has 0 saturated heterocycles. The van der Waals surface area contributed by atoms with Crippen LogP contribution in [0, 0.1) is 11.8 Å². The average Bonchev–Trinajstić information content (AvgIpc) is 2.23. The molecule has 0 saturated carbocycles. The first-order valence-corrected chi connectivity index (χ1v) is 7.51. The van der Waals surface area contributed by atoms with E-state index in [0.29, 0.717) is 11.8 Å². The molecule has 3 nitrogen and oxygen atoms in total. The van der Waals surface area contributed by atoms with E-state index in [1.807, 2.05) is 0 Å². The molecule has 0 heterocycles. The van der Waals surface area contributed by atoms with Crippen LogP contribution in [0.4, 0.5) is 0 Å². The zero-order valence-electron chi connectivity index (χ0n) is 13.3. The second kappa shape index (κ2) is 9.76. The lowest BCUT2D eigenvalue weighted by atomic mass is 10.1. The van der Waals surface area contributed by atoms with Crippen LogP contribution in [0.2, 0.25) is 0 Å². The number of aliphatic hydroxyl groups excluding tert-OH is 1. The van der Waals surface area contributed by atoms with Gasteiger partial charge in [0.1, 0.15) is 0 Å². The molecule has 0 amide bonds. The average molecular weight is 258 g/mol. The van der Waals surface area contributed by atoms with Crippen molar-refractivity contribution in [1.29, 1.82) is 0 Å². The predicted octanol–water partition coefficient (Wildman–Crippen LogP) is 2.30. The van der Waals surface area contributed by atoms with E-state index < -0.39 is 0 Å². The molecule has 0 fully saturated rings. The number of aliphatic hydroxyl groups is 1. The first-order valence-electron chi connectivity index (χ1n) is 7.51. The smallest absolute Gasteiger partial charge is 0.0793 e. The van der Waals surface area contributed by atoms with Gasteiger partial charge in [0.25, 0.3) is 0 Å². The van der Waals surface area contributed by atoms with Crippen LogP contribution in [-0.2, 0) is 0 Å². The van der Waals surface area contributed by atoms with Gasteiger partial charge in [-0.05, 0) is 24.9 Å². The molecular formula is C15H34N2O. The fourth-order valence-corrected chi connectivity index (χ4v) is 2.39. The van der Waals surface area contributed by atoms with Crippen molar-refractivity contribution >= 4 is 0 Å². The monoisotopic (exact) mass is 258 g/mol. The first kappa shape index (κ1) is 17.9. The molecule has 1 unspecified atom stereocenters. The van der Waals surface area contributed by atoms with Gasteiger partial charge in [-0.15, -0.1) is 0 Å². The lowest BCUT2D eigenvalue weighted by molar-refractivity contribution is 0.0683. The van der Waals surface area contributed by atoms with E-state index in [1.54, 1.807) is 0 Å². The Bertz CT molecular complexity index is 181. The fourth-order valence-electron chi connectivity index (χ4n) is 2.39. The Labute approximate surface area is 114 Å². The minimum Gasteiger partial charge on any atom is -0.390 e. The van der Waals surface area contributed by atoms with Crippen molar-refractivity contribution in [3.63, 3.8) is 0 Å². The van der Waals surface area contributed by atoms with Crippen LogP contribution in [0.5, 0.6) is 0 Å². The Morgan fingerprint density at radius 3 is 1.44 bits per heavy atom. The highest BCUT2D eigenvalue weighted by molar-refractivity contribution is 4.70. The summed E-state index contributed by atoms with van der Waals surface area (Å²) in [5.41, 5.74) is 0. The minimum atomic E-state index is -0.234. The summed E-state index contributed by atoms with van der Waals surface area (Å²) in [6.07, 6.45) is -0.234. The van der Waals surface area contributed by atoms with Crippen molar-refractivity contribution in [3.05, 3.63) is 0 Å². The molecule has 0 aromatic rings.